The maximum absolute atomic E-state index is 12.6. The molecular weight excluding hydrogens is 352 g/mol. The van der Waals surface area contributed by atoms with Gasteiger partial charge in [0, 0.05) is 22.7 Å². The van der Waals surface area contributed by atoms with E-state index in [4.69, 9.17) is 4.74 Å². The summed E-state index contributed by atoms with van der Waals surface area (Å²) >= 11 is 0. The van der Waals surface area contributed by atoms with E-state index < -0.39 is 17.0 Å². The minimum Gasteiger partial charge on any atom is -0.453 e. The fraction of sp³-hybridized carbons (Fsp3) is 0.278. The number of fused-ring (bicyclic) bond motifs is 1. The van der Waals surface area contributed by atoms with Crippen molar-refractivity contribution >= 4 is 28.3 Å². The third-order valence-electron chi connectivity index (χ3n) is 4.34. The summed E-state index contributed by atoms with van der Waals surface area (Å²) in [7, 11) is 0. The Balaban J connectivity index is 1.72. The van der Waals surface area contributed by atoms with Crippen LogP contribution in [0.1, 0.15) is 28.7 Å². The van der Waals surface area contributed by atoms with Gasteiger partial charge in [-0.2, -0.15) is 5.10 Å². The van der Waals surface area contributed by atoms with Crippen LogP contribution in [0.4, 0.5) is 5.69 Å². The molecule has 0 aliphatic heterocycles. The van der Waals surface area contributed by atoms with Gasteiger partial charge in [-0.15, -0.1) is 0 Å². The molecule has 1 atom stereocenters. The number of ether oxygens (including phenoxy) is 1. The Morgan fingerprint density at radius 2 is 2.04 bits per heavy atom. The zero-order valence-electron chi connectivity index (χ0n) is 15.1. The third-order valence-corrected chi connectivity index (χ3v) is 4.34. The number of nitrogens with zero attached hydrogens (tertiary/aromatic N) is 3. The third kappa shape index (κ3) is 3.43. The quantitative estimate of drug-likeness (QED) is 0.308. The summed E-state index contributed by atoms with van der Waals surface area (Å²) in [5, 5.41) is 15.8. The molecule has 1 unspecified atom stereocenters. The Hall–Kier alpha value is -3.49. The van der Waals surface area contributed by atoms with Gasteiger partial charge in [-0.1, -0.05) is 18.2 Å². The summed E-state index contributed by atoms with van der Waals surface area (Å²) in [6, 6.07) is 7.32. The van der Waals surface area contributed by atoms with Crippen molar-refractivity contribution in [3.63, 3.8) is 0 Å². The lowest BCUT2D eigenvalue weighted by Crippen LogP contribution is -2.27. The summed E-state index contributed by atoms with van der Waals surface area (Å²) in [6.45, 7) is 4.18. The standard InChI is InChI=1S/C18H18N4O5/c1-10-17(22(25)26)11(2)21(20-10)9-16(23)27-12(3)18(24)14-8-19-15-7-5-4-6-13(14)15/h4-8,12,19H,9H2,1-3H3. The lowest BCUT2D eigenvalue weighted by atomic mass is 10.1. The van der Waals surface area contributed by atoms with Crippen LogP contribution in [0.5, 0.6) is 0 Å². The van der Waals surface area contributed by atoms with Crippen LogP contribution in [0, 0.1) is 24.0 Å². The van der Waals surface area contributed by atoms with E-state index in [1.807, 2.05) is 24.3 Å². The summed E-state index contributed by atoms with van der Waals surface area (Å²) in [6.07, 6.45) is 0.588. The largest absolute Gasteiger partial charge is 0.453 e. The van der Waals surface area contributed by atoms with Crippen LogP contribution in [0.25, 0.3) is 10.9 Å². The normalized spacial score (nSPS) is 12.1. The van der Waals surface area contributed by atoms with Crippen LogP contribution in [0.3, 0.4) is 0 Å². The maximum Gasteiger partial charge on any atom is 0.328 e. The van der Waals surface area contributed by atoms with Crippen LogP contribution in [-0.4, -0.2) is 37.5 Å². The van der Waals surface area contributed by atoms with E-state index in [1.165, 1.54) is 25.5 Å². The molecule has 9 heteroatoms. The Kier molecular flexibility index (Phi) is 4.76. The molecule has 0 aliphatic rings. The minimum atomic E-state index is -0.997. The molecule has 3 aromatic rings. The van der Waals surface area contributed by atoms with Crippen molar-refractivity contribution in [2.75, 3.05) is 0 Å². The molecule has 0 bridgehead atoms. The van der Waals surface area contributed by atoms with Gasteiger partial charge >= 0.3 is 11.7 Å². The van der Waals surface area contributed by atoms with Gasteiger partial charge in [-0.25, -0.2) is 0 Å². The first kappa shape index (κ1) is 18.3. The molecule has 27 heavy (non-hydrogen) atoms. The van der Waals surface area contributed by atoms with Gasteiger partial charge in [0.05, 0.1) is 4.92 Å². The molecule has 1 aromatic carbocycles. The number of rotatable bonds is 6. The monoisotopic (exact) mass is 370 g/mol. The molecule has 0 radical (unpaired) electrons. The zero-order chi connectivity index (χ0) is 19.7. The van der Waals surface area contributed by atoms with Gasteiger partial charge in [0.25, 0.3) is 0 Å². The molecule has 0 saturated heterocycles. The lowest BCUT2D eigenvalue weighted by molar-refractivity contribution is -0.386. The second-order valence-electron chi connectivity index (χ2n) is 6.18. The smallest absolute Gasteiger partial charge is 0.328 e. The minimum absolute atomic E-state index is 0.134. The lowest BCUT2D eigenvalue weighted by Gasteiger charge is -2.12. The van der Waals surface area contributed by atoms with Crippen molar-refractivity contribution in [2.24, 2.45) is 0 Å². The number of carbonyl (C=O) groups is 2. The molecule has 3 rings (SSSR count). The van der Waals surface area contributed by atoms with Crippen LogP contribution < -0.4 is 0 Å². The Morgan fingerprint density at radius 1 is 1.33 bits per heavy atom. The Morgan fingerprint density at radius 3 is 2.70 bits per heavy atom. The highest BCUT2D eigenvalue weighted by Gasteiger charge is 2.25. The molecule has 0 fully saturated rings. The number of Topliss-reactive ketones (excluding diaryl/α,β-unsaturated/α-hetero) is 1. The second-order valence-corrected chi connectivity index (χ2v) is 6.18. The fourth-order valence-corrected chi connectivity index (χ4v) is 3.01. The first-order chi connectivity index (χ1) is 12.8. The van der Waals surface area contributed by atoms with E-state index in [0.29, 0.717) is 5.56 Å². The number of carbonyl (C=O) groups excluding carboxylic acids is 2. The molecular formula is C18H18N4O5. The van der Waals surface area contributed by atoms with Crippen molar-refractivity contribution < 1.29 is 19.2 Å². The number of hydrogen-bond acceptors (Lipinski definition) is 6. The molecule has 0 saturated carbocycles. The van der Waals surface area contributed by atoms with Crippen LogP contribution in [0.15, 0.2) is 30.5 Å². The number of nitrogens with one attached hydrogen (secondary N) is 1. The first-order valence-corrected chi connectivity index (χ1v) is 8.27. The number of ketones is 1. The van der Waals surface area contributed by atoms with E-state index in [2.05, 4.69) is 10.1 Å². The average molecular weight is 370 g/mol. The Bertz CT molecular complexity index is 1050. The Labute approximate surface area is 154 Å². The molecule has 0 spiro atoms. The number of aromatic amines is 1. The second kappa shape index (κ2) is 7.02. The summed E-state index contributed by atoms with van der Waals surface area (Å²) in [5.74, 6) is -1.03. The van der Waals surface area contributed by atoms with Crippen LogP contribution in [0.2, 0.25) is 0 Å². The molecule has 9 nitrogen and oxygen atoms in total. The molecule has 2 heterocycles. The number of aryl methyl sites for hydroxylation is 1. The van der Waals surface area contributed by atoms with Crippen molar-refractivity contribution in [3.8, 4) is 0 Å². The zero-order valence-corrected chi connectivity index (χ0v) is 15.1. The molecule has 0 amide bonds. The number of benzene rings is 1. The SMILES string of the molecule is Cc1nn(CC(=O)OC(C)C(=O)c2c[nH]c3ccccc23)c(C)c1[N+](=O)[O-]. The highest BCUT2D eigenvalue weighted by atomic mass is 16.6. The predicted octanol–water partition coefficient (Wildman–Crippen LogP) is 2.70. The van der Waals surface area contributed by atoms with Crippen LogP contribution >= 0.6 is 0 Å². The van der Waals surface area contributed by atoms with Gasteiger partial charge in [0.1, 0.15) is 17.9 Å². The summed E-state index contributed by atoms with van der Waals surface area (Å²) in [4.78, 5) is 38.3. The number of esters is 1. The summed E-state index contributed by atoms with van der Waals surface area (Å²) in [5.41, 5.74) is 1.59. The van der Waals surface area contributed by atoms with E-state index in [1.54, 1.807) is 6.20 Å². The van der Waals surface area contributed by atoms with Gasteiger partial charge in [-0.05, 0) is 26.8 Å². The van der Waals surface area contributed by atoms with E-state index in [-0.39, 0.29) is 29.4 Å². The maximum atomic E-state index is 12.6. The number of nitro groups is 1. The highest BCUT2D eigenvalue weighted by Crippen LogP contribution is 2.22. The van der Waals surface area contributed by atoms with Crippen molar-refractivity contribution in [3.05, 3.63) is 57.5 Å². The predicted molar refractivity (Wildman–Crippen MR) is 96.5 cm³/mol. The van der Waals surface area contributed by atoms with Crippen LogP contribution in [-0.2, 0) is 16.1 Å². The van der Waals surface area contributed by atoms with Gasteiger partial charge in [0.2, 0.25) is 5.78 Å². The van der Waals surface area contributed by atoms with Gasteiger partial charge in [-0.3, -0.25) is 24.4 Å². The van der Waals surface area contributed by atoms with E-state index in [9.17, 15) is 19.7 Å². The summed E-state index contributed by atoms with van der Waals surface area (Å²) < 4.78 is 6.43. The van der Waals surface area contributed by atoms with Gasteiger partial charge < -0.3 is 9.72 Å². The van der Waals surface area contributed by atoms with Gasteiger partial charge in [0.15, 0.2) is 6.10 Å². The first-order valence-electron chi connectivity index (χ1n) is 8.27. The molecule has 2 aromatic heterocycles. The van der Waals surface area contributed by atoms with Crippen molar-refractivity contribution in [1.82, 2.24) is 14.8 Å². The number of hydrogen-bond donors (Lipinski definition) is 1. The molecule has 0 aliphatic carbocycles. The molecule has 1 N–H and O–H groups in total. The number of para-hydroxylation sites is 1. The number of aromatic nitrogens is 3. The van der Waals surface area contributed by atoms with Crippen molar-refractivity contribution in [1.29, 1.82) is 0 Å². The average Bonchev–Trinajstić information content (AvgIpc) is 3.15. The van der Waals surface area contributed by atoms with Crippen molar-refractivity contribution in [2.45, 2.75) is 33.4 Å². The fourth-order valence-electron chi connectivity index (χ4n) is 3.01. The number of H-pyrrole nitrogens is 1. The highest BCUT2D eigenvalue weighted by molar-refractivity contribution is 6.10. The van der Waals surface area contributed by atoms with E-state index in [0.717, 1.165) is 10.9 Å². The molecule has 140 valence electrons. The van der Waals surface area contributed by atoms with E-state index >= 15 is 0 Å². The topological polar surface area (TPSA) is 120 Å².